The molecule has 0 aromatic heterocycles. The molecule has 1 unspecified atom stereocenters. The van der Waals surface area contributed by atoms with Crippen molar-refractivity contribution in [2.45, 2.75) is 42.8 Å². The molecule has 1 aromatic rings. The van der Waals surface area contributed by atoms with Gasteiger partial charge in [-0.2, -0.15) is 18.4 Å². The van der Waals surface area contributed by atoms with E-state index in [2.05, 4.69) is 11.4 Å². The molecule has 1 N–H and O–H groups in total. The van der Waals surface area contributed by atoms with E-state index in [0.717, 1.165) is 12.0 Å². The number of hydrogen-bond donors (Lipinski definition) is 1. The molecule has 0 saturated carbocycles. The molecular formula is C13H15F3N2S. The van der Waals surface area contributed by atoms with E-state index >= 15 is 0 Å². The minimum Gasteiger partial charge on any atom is -0.309 e. The summed E-state index contributed by atoms with van der Waals surface area (Å²) in [5, 5.41) is 11.8. The van der Waals surface area contributed by atoms with Crippen molar-refractivity contribution in [1.29, 1.82) is 5.26 Å². The lowest BCUT2D eigenvalue weighted by Crippen LogP contribution is -2.27. The van der Waals surface area contributed by atoms with E-state index in [4.69, 9.17) is 5.26 Å². The number of thioether (sulfide) groups is 1. The van der Waals surface area contributed by atoms with Gasteiger partial charge in [-0.3, -0.25) is 0 Å². The van der Waals surface area contributed by atoms with Crippen molar-refractivity contribution in [2.24, 2.45) is 0 Å². The Hall–Kier alpha value is -1.19. The van der Waals surface area contributed by atoms with Gasteiger partial charge in [-0.1, -0.05) is 19.1 Å². The molecule has 0 bridgehead atoms. The van der Waals surface area contributed by atoms with Gasteiger partial charge in [0.1, 0.15) is 0 Å². The molecule has 0 heterocycles. The van der Waals surface area contributed by atoms with Crippen LogP contribution >= 0.6 is 11.8 Å². The summed E-state index contributed by atoms with van der Waals surface area (Å²) in [7, 11) is 0. The fourth-order valence-corrected chi connectivity index (χ4v) is 2.08. The average molecular weight is 288 g/mol. The van der Waals surface area contributed by atoms with Crippen LogP contribution in [0.25, 0.3) is 0 Å². The summed E-state index contributed by atoms with van der Waals surface area (Å²) in [5.74, 6) is 0. The summed E-state index contributed by atoms with van der Waals surface area (Å²) in [6, 6.07) is 8.47. The van der Waals surface area contributed by atoms with Gasteiger partial charge >= 0.3 is 5.51 Å². The van der Waals surface area contributed by atoms with E-state index in [0.29, 0.717) is 13.0 Å². The fourth-order valence-electron chi connectivity index (χ4n) is 1.54. The molecule has 6 heteroatoms. The van der Waals surface area contributed by atoms with Crippen LogP contribution in [0.5, 0.6) is 0 Å². The molecule has 104 valence electrons. The molecule has 0 radical (unpaired) electrons. The minimum atomic E-state index is -4.25. The molecule has 1 atom stereocenters. The van der Waals surface area contributed by atoms with Crippen molar-refractivity contribution in [1.82, 2.24) is 5.32 Å². The van der Waals surface area contributed by atoms with Crippen LogP contribution < -0.4 is 5.32 Å². The van der Waals surface area contributed by atoms with E-state index in [9.17, 15) is 13.2 Å². The predicted octanol–water partition coefficient (Wildman–Crippen LogP) is 4.08. The van der Waals surface area contributed by atoms with Crippen molar-refractivity contribution in [3.05, 3.63) is 29.8 Å². The van der Waals surface area contributed by atoms with Crippen LogP contribution in [0.3, 0.4) is 0 Å². The van der Waals surface area contributed by atoms with Gasteiger partial charge in [-0.25, -0.2) is 0 Å². The van der Waals surface area contributed by atoms with E-state index in [1.54, 1.807) is 12.1 Å². The Morgan fingerprint density at radius 2 is 1.95 bits per heavy atom. The molecule has 0 aliphatic carbocycles. The zero-order chi connectivity index (χ0) is 14.3. The van der Waals surface area contributed by atoms with E-state index in [-0.39, 0.29) is 22.7 Å². The summed E-state index contributed by atoms with van der Waals surface area (Å²) in [6.07, 6.45) is 1.27. The first kappa shape index (κ1) is 15.9. The van der Waals surface area contributed by atoms with E-state index in [1.807, 2.05) is 6.92 Å². The molecule has 0 amide bonds. The smallest absolute Gasteiger partial charge is 0.309 e. The van der Waals surface area contributed by atoms with E-state index < -0.39 is 5.51 Å². The second-order valence-electron chi connectivity index (χ2n) is 4.04. The average Bonchev–Trinajstić information content (AvgIpc) is 2.34. The summed E-state index contributed by atoms with van der Waals surface area (Å²) >= 11 is -0.117. The maximum atomic E-state index is 12.1. The highest BCUT2D eigenvalue weighted by Gasteiger charge is 2.28. The SMILES string of the molecule is CCC(CC#N)NCc1ccc(SC(F)(F)F)cc1. The lowest BCUT2D eigenvalue weighted by Gasteiger charge is -2.13. The third-order valence-corrected chi connectivity index (χ3v) is 3.32. The van der Waals surface area contributed by atoms with Gasteiger partial charge < -0.3 is 5.32 Å². The quantitative estimate of drug-likeness (QED) is 0.801. The van der Waals surface area contributed by atoms with Crippen LogP contribution in [0.4, 0.5) is 13.2 Å². The van der Waals surface area contributed by atoms with Crippen molar-refractivity contribution in [3.8, 4) is 6.07 Å². The maximum Gasteiger partial charge on any atom is 0.446 e. The Morgan fingerprint density at radius 3 is 2.42 bits per heavy atom. The van der Waals surface area contributed by atoms with Gasteiger partial charge in [0, 0.05) is 17.5 Å². The van der Waals surface area contributed by atoms with Crippen molar-refractivity contribution in [3.63, 3.8) is 0 Å². The Kier molecular flexibility index (Phi) is 6.19. The van der Waals surface area contributed by atoms with Gasteiger partial charge in [-0.15, -0.1) is 0 Å². The van der Waals surface area contributed by atoms with Crippen LogP contribution in [0.15, 0.2) is 29.2 Å². The first-order chi connectivity index (χ1) is 8.94. The number of alkyl halides is 3. The second-order valence-corrected chi connectivity index (χ2v) is 5.18. The highest BCUT2D eigenvalue weighted by atomic mass is 32.2. The topological polar surface area (TPSA) is 35.8 Å². The highest BCUT2D eigenvalue weighted by molar-refractivity contribution is 8.00. The number of benzene rings is 1. The molecule has 2 nitrogen and oxygen atoms in total. The lowest BCUT2D eigenvalue weighted by molar-refractivity contribution is -0.0328. The maximum absolute atomic E-state index is 12.1. The van der Waals surface area contributed by atoms with Crippen LogP contribution in [-0.4, -0.2) is 11.6 Å². The second kappa shape index (κ2) is 7.41. The molecule has 0 aliphatic rings. The molecule has 0 spiro atoms. The predicted molar refractivity (Wildman–Crippen MR) is 69.5 cm³/mol. The van der Waals surface area contributed by atoms with Crippen LogP contribution in [0, 0.1) is 11.3 Å². The van der Waals surface area contributed by atoms with Gasteiger partial charge in [0.2, 0.25) is 0 Å². The van der Waals surface area contributed by atoms with E-state index in [1.165, 1.54) is 12.1 Å². The Labute approximate surface area is 115 Å². The minimum absolute atomic E-state index is 0.117. The Balaban J connectivity index is 2.51. The van der Waals surface area contributed by atoms with Gasteiger partial charge in [0.25, 0.3) is 0 Å². The van der Waals surface area contributed by atoms with Gasteiger partial charge in [-0.05, 0) is 35.9 Å². The molecule has 0 saturated heterocycles. The summed E-state index contributed by atoms with van der Waals surface area (Å²) in [4.78, 5) is 0.181. The molecule has 19 heavy (non-hydrogen) atoms. The first-order valence-electron chi connectivity index (χ1n) is 5.89. The molecular weight excluding hydrogens is 273 g/mol. The van der Waals surface area contributed by atoms with Crippen LogP contribution in [0.2, 0.25) is 0 Å². The Morgan fingerprint density at radius 1 is 1.32 bits per heavy atom. The van der Waals surface area contributed by atoms with Crippen molar-refractivity contribution in [2.75, 3.05) is 0 Å². The number of nitrogens with zero attached hydrogens (tertiary/aromatic N) is 1. The first-order valence-corrected chi connectivity index (χ1v) is 6.71. The number of rotatable bonds is 6. The zero-order valence-corrected chi connectivity index (χ0v) is 11.3. The number of halogens is 3. The molecule has 0 aliphatic heterocycles. The monoisotopic (exact) mass is 288 g/mol. The van der Waals surface area contributed by atoms with Crippen molar-refractivity contribution < 1.29 is 13.2 Å². The molecule has 1 rings (SSSR count). The van der Waals surface area contributed by atoms with Crippen molar-refractivity contribution >= 4 is 11.8 Å². The highest BCUT2D eigenvalue weighted by Crippen LogP contribution is 2.36. The molecule has 1 aromatic carbocycles. The number of nitrogens with one attached hydrogen (secondary N) is 1. The van der Waals surface area contributed by atoms with Gasteiger partial charge in [0.05, 0.1) is 12.5 Å². The number of nitriles is 1. The summed E-state index contributed by atoms with van der Waals surface area (Å²) in [5.41, 5.74) is -3.34. The van der Waals surface area contributed by atoms with Crippen LogP contribution in [0.1, 0.15) is 25.3 Å². The third kappa shape index (κ3) is 6.50. The zero-order valence-electron chi connectivity index (χ0n) is 10.5. The van der Waals surface area contributed by atoms with Crippen LogP contribution in [-0.2, 0) is 6.54 Å². The largest absolute Gasteiger partial charge is 0.446 e. The fraction of sp³-hybridized carbons (Fsp3) is 0.462. The van der Waals surface area contributed by atoms with Gasteiger partial charge in [0.15, 0.2) is 0 Å². The normalized spacial score (nSPS) is 13.0. The standard InChI is InChI=1S/C13H15F3N2S/c1-2-11(7-8-17)18-9-10-3-5-12(6-4-10)19-13(14,15)16/h3-6,11,18H,2,7,9H2,1H3. The third-order valence-electron chi connectivity index (χ3n) is 2.58. The summed E-state index contributed by atoms with van der Waals surface area (Å²) in [6.45, 7) is 2.54. The Bertz CT molecular complexity index is 423. The summed E-state index contributed by atoms with van der Waals surface area (Å²) < 4.78 is 36.4. The number of hydrogen-bond acceptors (Lipinski definition) is 3. The molecule has 0 fully saturated rings. The lowest BCUT2D eigenvalue weighted by atomic mass is 10.1.